The van der Waals surface area contributed by atoms with Gasteiger partial charge in [-0.25, -0.2) is 0 Å². The van der Waals surface area contributed by atoms with Crippen molar-refractivity contribution < 1.29 is 9.59 Å². The lowest BCUT2D eigenvalue weighted by Gasteiger charge is -2.32. The van der Waals surface area contributed by atoms with Crippen LogP contribution in [-0.2, 0) is 16.0 Å². The van der Waals surface area contributed by atoms with E-state index in [1.54, 1.807) is 0 Å². The lowest BCUT2D eigenvalue weighted by atomic mass is 9.84. The number of fused-ring (bicyclic) bond motifs is 1. The number of amides is 2. The Hall–Kier alpha value is -1.84. The molecule has 0 saturated heterocycles. The molecule has 2 N–H and O–H groups in total. The largest absolute Gasteiger partial charge is 0.353 e. The second-order valence-corrected chi connectivity index (χ2v) is 4.79. The lowest BCUT2D eigenvalue weighted by Crippen LogP contribution is -2.42. The van der Waals surface area contributed by atoms with Gasteiger partial charge in [0.2, 0.25) is 11.8 Å². The van der Waals surface area contributed by atoms with E-state index in [1.807, 2.05) is 18.2 Å². The van der Waals surface area contributed by atoms with E-state index in [2.05, 4.69) is 16.7 Å². The van der Waals surface area contributed by atoms with Gasteiger partial charge in [0.25, 0.3) is 0 Å². The summed E-state index contributed by atoms with van der Waals surface area (Å²) in [6.07, 6.45) is 1.57. The molecule has 4 nitrogen and oxygen atoms in total. The molecule has 0 aliphatic heterocycles. The third-order valence-electron chi connectivity index (χ3n) is 3.20. The Morgan fingerprint density at radius 1 is 1.11 bits per heavy atom. The first-order chi connectivity index (χ1) is 8.56. The average molecular weight is 246 g/mol. The maximum Gasteiger partial charge on any atom is 0.217 e. The van der Waals surface area contributed by atoms with Crippen molar-refractivity contribution in [1.82, 2.24) is 10.6 Å². The predicted octanol–water partition coefficient (Wildman–Crippen LogP) is 1.31. The molecule has 2 atom stereocenters. The predicted molar refractivity (Wildman–Crippen MR) is 68.9 cm³/mol. The van der Waals surface area contributed by atoms with Crippen LogP contribution in [0.3, 0.4) is 0 Å². The van der Waals surface area contributed by atoms with Crippen molar-refractivity contribution in [2.24, 2.45) is 0 Å². The summed E-state index contributed by atoms with van der Waals surface area (Å²) in [7, 11) is 0. The first-order valence-corrected chi connectivity index (χ1v) is 6.18. The summed E-state index contributed by atoms with van der Waals surface area (Å²) < 4.78 is 0. The van der Waals surface area contributed by atoms with Crippen molar-refractivity contribution in [2.45, 2.75) is 38.8 Å². The molecule has 0 spiro atoms. The fourth-order valence-corrected chi connectivity index (χ4v) is 2.60. The molecule has 0 heterocycles. The summed E-state index contributed by atoms with van der Waals surface area (Å²) in [6, 6.07) is 8.14. The van der Waals surface area contributed by atoms with Gasteiger partial charge in [0, 0.05) is 19.9 Å². The van der Waals surface area contributed by atoms with E-state index in [0.29, 0.717) is 0 Å². The molecule has 2 rings (SSSR count). The van der Waals surface area contributed by atoms with Crippen LogP contribution in [0.4, 0.5) is 0 Å². The summed E-state index contributed by atoms with van der Waals surface area (Å²) in [5.74, 6) is -0.0702. The minimum Gasteiger partial charge on any atom is -0.353 e. The normalized spacial score (nSPS) is 21.9. The van der Waals surface area contributed by atoms with Gasteiger partial charge in [-0.2, -0.15) is 0 Å². The molecule has 96 valence electrons. The van der Waals surface area contributed by atoms with Crippen molar-refractivity contribution in [3.8, 4) is 0 Å². The van der Waals surface area contributed by atoms with E-state index < -0.39 is 0 Å². The van der Waals surface area contributed by atoms with Gasteiger partial charge in [-0.1, -0.05) is 24.3 Å². The molecule has 1 aliphatic rings. The minimum absolute atomic E-state index is 0.00991. The van der Waals surface area contributed by atoms with Crippen molar-refractivity contribution in [2.75, 3.05) is 0 Å². The first-order valence-electron chi connectivity index (χ1n) is 6.18. The number of rotatable bonds is 2. The number of hydrogen-bond donors (Lipinski definition) is 2. The van der Waals surface area contributed by atoms with Crippen LogP contribution < -0.4 is 10.6 Å². The molecule has 4 heteroatoms. The third kappa shape index (κ3) is 2.88. The number of carbonyl (C=O) groups is 2. The number of benzene rings is 1. The van der Waals surface area contributed by atoms with Crippen molar-refractivity contribution in [3.05, 3.63) is 35.4 Å². The Morgan fingerprint density at radius 2 is 1.78 bits per heavy atom. The van der Waals surface area contributed by atoms with Crippen LogP contribution >= 0.6 is 0 Å². The van der Waals surface area contributed by atoms with E-state index in [9.17, 15) is 9.59 Å². The highest BCUT2D eigenvalue weighted by molar-refractivity contribution is 5.74. The maximum absolute atomic E-state index is 11.3. The van der Waals surface area contributed by atoms with Gasteiger partial charge in [-0.05, 0) is 24.0 Å². The quantitative estimate of drug-likeness (QED) is 0.826. The van der Waals surface area contributed by atoms with Crippen molar-refractivity contribution >= 4 is 11.8 Å². The number of nitrogens with one attached hydrogen (secondary N) is 2. The zero-order chi connectivity index (χ0) is 13.1. The van der Waals surface area contributed by atoms with Gasteiger partial charge in [0.05, 0.1) is 6.04 Å². The van der Waals surface area contributed by atoms with Crippen LogP contribution in [-0.4, -0.2) is 17.9 Å². The molecule has 1 aromatic rings. The summed E-state index contributed by atoms with van der Waals surface area (Å²) in [4.78, 5) is 22.4. The second-order valence-electron chi connectivity index (χ2n) is 4.79. The molecule has 1 aromatic carbocycles. The molecule has 18 heavy (non-hydrogen) atoms. The van der Waals surface area contributed by atoms with E-state index in [1.165, 1.54) is 19.4 Å². The van der Waals surface area contributed by atoms with Crippen LogP contribution in [0.5, 0.6) is 0 Å². The monoisotopic (exact) mass is 246 g/mol. The van der Waals surface area contributed by atoms with Crippen LogP contribution in [0, 0.1) is 0 Å². The van der Waals surface area contributed by atoms with E-state index in [-0.39, 0.29) is 23.9 Å². The second kappa shape index (κ2) is 5.21. The van der Waals surface area contributed by atoms with Gasteiger partial charge in [0.15, 0.2) is 0 Å². The number of hydrogen-bond acceptors (Lipinski definition) is 2. The zero-order valence-electron chi connectivity index (χ0n) is 10.7. The van der Waals surface area contributed by atoms with E-state index in [4.69, 9.17) is 0 Å². The van der Waals surface area contributed by atoms with Gasteiger partial charge < -0.3 is 10.6 Å². The van der Waals surface area contributed by atoms with Crippen LogP contribution in [0.15, 0.2) is 24.3 Å². The molecule has 2 amide bonds. The standard InChI is InChI=1S/C14H18N2O2/c1-9(17)15-12-7-11-5-3-4-6-13(11)14(8-12)16-10(2)18/h3-6,12,14H,7-8H2,1-2H3,(H,15,17)(H,16,18). The SMILES string of the molecule is CC(=O)NC1Cc2ccccc2C(NC(C)=O)C1. The fraction of sp³-hybridized carbons (Fsp3) is 0.429. The Labute approximate surface area is 107 Å². The molecule has 0 radical (unpaired) electrons. The van der Waals surface area contributed by atoms with Crippen molar-refractivity contribution in [1.29, 1.82) is 0 Å². The van der Waals surface area contributed by atoms with Gasteiger partial charge in [-0.3, -0.25) is 9.59 Å². The maximum atomic E-state index is 11.3. The van der Waals surface area contributed by atoms with Crippen LogP contribution in [0.2, 0.25) is 0 Å². The molecule has 0 bridgehead atoms. The Bertz CT molecular complexity index is 471. The lowest BCUT2D eigenvalue weighted by molar-refractivity contribution is -0.119. The zero-order valence-corrected chi connectivity index (χ0v) is 10.7. The Morgan fingerprint density at radius 3 is 2.44 bits per heavy atom. The third-order valence-corrected chi connectivity index (χ3v) is 3.20. The number of carbonyl (C=O) groups excluding carboxylic acids is 2. The van der Waals surface area contributed by atoms with Crippen LogP contribution in [0.25, 0.3) is 0 Å². The molecular formula is C14H18N2O2. The Kier molecular flexibility index (Phi) is 3.65. The minimum atomic E-state index is -0.0433. The summed E-state index contributed by atoms with van der Waals surface area (Å²) in [5.41, 5.74) is 2.36. The molecular weight excluding hydrogens is 228 g/mol. The summed E-state index contributed by atoms with van der Waals surface area (Å²) >= 11 is 0. The highest BCUT2D eigenvalue weighted by Crippen LogP contribution is 2.29. The van der Waals surface area contributed by atoms with Gasteiger partial charge in [-0.15, -0.1) is 0 Å². The highest BCUT2D eigenvalue weighted by Gasteiger charge is 2.27. The highest BCUT2D eigenvalue weighted by atomic mass is 16.2. The first kappa shape index (κ1) is 12.6. The molecule has 2 unspecified atom stereocenters. The van der Waals surface area contributed by atoms with Gasteiger partial charge in [0.1, 0.15) is 0 Å². The van der Waals surface area contributed by atoms with E-state index in [0.717, 1.165) is 18.4 Å². The van der Waals surface area contributed by atoms with Gasteiger partial charge >= 0.3 is 0 Å². The summed E-state index contributed by atoms with van der Waals surface area (Å²) in [5, 5.41) is 5.89. The van der Waals surface area contributed by atoms with E-state index >= 15 is 0 Å². The molecule has 0 fully saturated rings. The average Bonchev–Trinajstić information content (AvgIpc) is 2.27. The molecule has 0 aromatic heterocycles. The Balaban J connectivity index is 2.23. The topological polar surface area (TPSA) is 58.2 Å². The smallest absolute Gasteiger partial charge is 0.217 e. The summed E-state index contributed by atoms with van der Waals surface area (Å²) in [6.45, 7) is 3.04. The van der Waals surface area contributed by atoms with Crippen LogP contribution in [0.1, 0.15) is 37.4 Å². The fourth-order valence-electron chi connectivity index (χ4n) is 2.60. The molecule has 1 aliphatic carbocycles. The van der Waals surface area contributed by atoms with Crippen molar-refractivity contribution in [3.63, 3.8) is 0 Å². The molecule has 0 saturated carbocycles.